The van der Waals surface area contributed by atoms with Crippen molar-refractivity contribution in [3.63, 3.8) is 0 Å². The van der Waals surface area contributed by atoms with Gasteiger partial charge >= 0.3 is 5.97 Å². The predicted molar refractivity (Wildman–Crippen MR) is 72.7 cm³/mol. The summed E-state index contributed by atoms with van der Waals surface area (Å²) in [5, 5.41) is 9.17. The third-order valence-corrected chi connectivity index (χ3v) is 3.00. The van der Waals surface area contributed by atoms with E-state index in [9.17, 15) is 14.7 Å². The van der Waals surface area contributed by atoms with Crippen LogP contribution in [0.15, 0.2) is 48.5 Å². The molecular formula is C16H14O3. The Labute approximate surface area is 111 Å². The van der Waals surface area contributed by atoms with E-state index < -0.39 is 5.97 Å². The maximum absolute atomic E-state index is 12.4. The van der Waals surface area contributed by atoms with Gasteiger partial charge < -0.3 is 5.11 Å². The van der Waals surface area contributed by atoms with Crippen molar-refractivity contribution in [2.75, 3.05) is 0 Å². The summed E-state index contributed by atoms with van der Waals surface area (Å²) in [6.07, 6.45) is 0.759. The van der Waals surface area contributed by atoms with Crippen molar-refractivity contribution in [1.29, 1.82) is 0 Å². The largest absolute Gasteiger partial charge is 0.478 e. The van der Waals surface area contributed by atoms with Gasteiger partial charge in [-0.1, -0.05) is 43.3 Å². The molecule has 0 aromatic heterocycles. The van der Waals surface area contributed by atoms with Crippen LogP contribution in [0.25, 0.3) is 0 Å². The molecule has 2 aromatic rings. The molecule has 0 unspecified atom stereocenters. The second-order valence-electron chi connectivity index (χ2n) is 4.23. The molecule has 2 aromatic carbocycles. The van der Waals surface area contributed by atoms with Crippen molar-refractivity contribution in [1.82, 2.24) is 0 Å². The second-order valence-corrected chi connectivity index (χ2v) is 4.23. The van der Waals surface area contributed by atoms with Gasteiger partial charge in [0.05, 0.1) is 5.56 Å². The van der Waals surface area contributed by atoms with E-state index in [4.69, 9.17) is 0 Å². The molecule has 0 bridgehead atoms. The summed E-state index contributed by atoms with van der Waals surface area (Å²) in [6.45, 7) is 1.96. The maximum atomic E-state index is 12.4. The van der Waals surface area contributed by atoms with E-state index in [0.29, 0.717) is 5.56 Å². The van der Waals surface area contributed by atoms with Crippen molar-refractivity contribution < 1.29 is 14.7 Å². The van der Waals surface area contributed by atoms with Crippen LogP contribution in [0.5, 0.6) is 0 Å². The van der Waals surface area contributed by atoms with Gasteiger partial charge in [-0.25, -0.2) is 4.79 Å². The minimum absolute atomic E-state index is 0.0473. The smallest absolute Gasteiger partial charge is 0.336 e. The van der Waals surface area contributed by atoms with Crippen LogP contribution in [0.3, 0.4) is 0 Å². The molecule has 0 aliphatic rings. The average Bonchev–Trinajstić information content (AvgIpc) is 2.46. The van der Waals surface area contributed by atoms with Crippen LogP contribution >= 0.6 is 0 Å². The quantitative estimate of drug-likeness (QED) is 0.852. The van der Waals surface area contributed by atoms with Crippen LogP contribution in [-0.2, 0) is 6.42 Å². The van der Waals surface area contributed by atoms with Gasteiger partial charge in [0.2, 0.25) is 0 Å². The number of hydrogen-bond donors (Lipinski definition) is 1. The molecule has 1 N–H and O–H groups in total. The summed E-state index contributed by atoms with van der Waals surface area (Å²) in [7, 11) is 0. The zero-order chi connectivity index (χ0) is 13.8. The number of aromatic carboxylic acids is 1. The fraction of sp³-hybridized carbons (Fsp3) is 0.125. The molecule has 3 nitrogen and oxygen atoms in total. The molecule has 3 heteroatoms. The van der Waals surface area contributed by atoms with Crippen LogP contribution in [-0.4, -0.2) is 16.9 Å². The van der Waals surface area contributed by atoms with Gasteiger partial charge in [-0.05, 0) is 24.1 Å². The number of carboxylic acid groups (broad SMARTS) is 1. The fourth-order valence-corrected chi connectivity index (χ4v) is 1.93. The number of rotatable bonds is 4. The first-order valence-electron chi connectivity index (χ1n) is 6.09. The van der Waals surface area contributed by atoms with Crippen LogP contribution < -0.4 is 0 Å². The van der Waals surface area contributed by atoms with E-state index in [2.05, 4.69) is 0 Å². The van der Waals surface area contributed by atoms with E-state index in [1.165, 1.54) is 6.07 Å². The molecule has 0 fully saturated rings. The molecular weight excluding hydrogens is 240 g/mol. The highest BCUT2D eigenvalue weighted by atomic mass is 16.4. The highest BCUT2D eigenvalue weighted by Crippen LogP contribution is 2.17. The predicted octanol–water partition coefficient (Wildman–Crippen LogP) is 3.18. The zero-order valence-corrected chi connectivity index (χ0v) is 10.6. The van der Waals surface area contributed by atoms with E-state index in [1.54, 1.807) is 36.4 Å². The summed E-state index contributed by atoms with van der Waals surface area (Å²) >= 11 is 0. The van der Waals surface area contributed by atoms with Gasteiger partial charge in [0.15, 0.2) is 5.78 Å². The third kappa shape index (κ3) is 2.71. The van der Waals surface area contributed by atoms with Gasteiger partial charge in [0.25, 0.3) is 0 Å². The number of carbonyl (C=O) groups is 2. The number of hydrogen-bond acceptors (Lipinski definition) is 2. The van der Waals surface area contributed by atoms with Crippen LogP contribution in [0.1, 0.15) is 38.8 Å². The van der Waals surface area contributed by atoms with Gasteiger partial charge in [-0.15, -0.1) is 0 Å². The molecule has 0 amide bonds. The number of carbonyl (C=O) groups excluding carboxylic acids is 1. The Hall–Kier alpha value is -2.42. The Morgan fingerprint density at radius 1 is 1.00 bits per heavy atom. The Kier molecular flexibility index (Phi) is 3.76. The summed E-state index contributed by atoms with van der Waals surface area (Å²) in [6, 6.07) is 13.6. The highest BCUT2D eigenvalue weighted by molar-refractivity contribution is 6.14. The molecule has 0 heterocycles. The molecule has 96 valence electrons. The number of carboxylic acids is 1. The Balaban J connectivity index is 2.54. The molecule has 0 atom stereocenters. The van der Waals surface area contributed by atoms with E-state index in [0.717, 1.165) is 12.0 Å². The van der Waals surface area contributed by atoms with Gasteiger partial charge in [-0.2, -0.15) is 0 Å². The number of benzene rings is 2. The van der Waals surface area contributed by atoms with E-state index >= 15 is 0 Å². The average molecular weight is 254 g/mol. The first-order valence-corrected chi connectivity index (χ1v) is 6.09. The topological polar surface area (TPSA) is 54.4 Å². The van der Waals surface area contributed by atoms with Crippen molar-refractivity contribution in [3.05, 3.63) is 70.8 Å². The number of aryl methyl sites for hydroxylation is 1. The summed E-state index contributed by atoms with van der Waals surface area (Å²) in [5.41, 5.74) is 1.74. The Bertz CT molecular complexity index is 615. The highest BCUT2D eigenvalue weighted by Gasteiger charge is 2.18. The maximum Gasteiger partial charge on any atom is 0.336 e. The van der Waals surface area contributed by atoms with E-state index in [-0.39, 0.29) is 16.9 Å². The Morgan fingerprint density at radius 2 is 1.68 bits per heavy atom. The lowest BCUT2D eigenvalue weighted by Gasteiger charge is -2.07. The van der Waals surface area contributed by atoms with Crippen LogP contribution in [0, 0.1) is 0 Å². The molecule has 0 saturated heterocycles. The third-order valence-electron chi connectivity index (χ3n) is 3.00. The lowest BCUT2D eigenvalue weighted by Crippen LogP contribution is -2.10. The first-order chi connectivity index (χ1) is 9.13. The van der Waals surface area contributed by atoms with Gasteiger partial charge in [-0.3, -0.25) is 4.79 Å². The molecule has 19 heavy (non-hydrogen) atoms. The van der Waals surface area contributed by atoms with Crippen molar-refractivity contribution >= 4 is 11.8 Å². The molecule has 0 saturated carbocycles. The van der Waals surface area contributed by atoms with Gasteiger partial charge in [0, 0.05) is 11.1 Å². The molecule has 0 aliphatic heterocycles. The molecule has 0 aliphatic carbocycles. The molecule has 2 rings (SSSR count). The van der Waals surface area contributed by atoms with Crippen molar-refractivity contribution in [2.24, 2.45) is 0 Å². The lowest BCUT2D eigenvalue weighted by atomic mass is 9.95. The minimum Gasteiger partial charge on any atom is -0.478 e. The monoisotopic (exact) mass is 254 g/mol. The molecule has 0 radical (unpaired) electrons. The molecule has 0 spiro atoms. The number of ketones is 1. The Morgan fingerprint density at radius 3 is 2.26 bits per heavy atom. The first kappa shape index (κ1) is 13.0. The summed E-state index contributed by atoms with van der Waals surface area (Å²) in [5.74, 6) is -1.34. The summed E-state index contributed by atoms with van der Waals surface area (Å²) in [4.78, 5) is 23.6. The standard InChI is InChI=1S/C16H14O3/c1-2-11-8-9-13(16(18)19)14(10-11)15(17)12-6-4-3-5-7-12/h3-10H,2H2,1H3,(H,18,19). The van der Waals surface area contributed by atoms with Crippen LogP contribution in [0.4, 0.5) is 0 Å². The fourth-order valence-electron chi connectivity index (χ4n) is 1.93. The van der Waals surface area contributed by atoms with Crippen molar-refractivity contribution in [2.45, 2.75) is 13.3 Å². The van der Waals surface area contributed by atoms with E-state index in [1.807, 2.05) is 13.0 Å². The van der Waals surface area contributed by atoms with Crippen LogP contribution in [0.2, 0.25) is 0 Å². The van der Waals surface area contributed by atoms with Crippen molar-refractivity contribution in [3.8, 4) is 0 Å². The summed E-state index contributed by atoms with van der Waals surface area (Å²) < 4.78 is 0. The zero-order valence-electron chi connectivity index (χ0n) is 10.6. The normalized spacial score (nSPS) is 10.2. The second kappa shape index (κ2) is 5.48. The lowest BCUT2D eigenvalue weighted by molar-refractivity contribution is 0.0693. The SMILES string of the molecule is CCc1ccc(C(=O)O)c(C(=O)c2ccccc2)c1. The van der Waals surface area contributed by atoms with Gasteiger partial charge in [0.1, 0.15) is 0 Å². The minimum atomic E-state index is -1.08.